The number of pyridine rings is 1. The predicted molar refractivity (Wildman–Crippen MR) is 76.9 cm³/mol. The molecule has 0 bridgehead atoms. The molecule has 1 aromatic carbocycles. The van der Waals surface area contributed by atoms with Crippen molar-refractivity contribution in [3.8, 4) is 0 Å². The maximum absolute atomic E-state index is 11.3. The van der Waals surface area contributed by atoms with Crippen LogP contribution in [0.5, 0.6) is 0 Å². The van der Waals surface area contributed by atoms with Crippen LogP contribution in [-0.4, -0.2) is 17.6 Å². The van der Waals surface area contributed by atoms with Crippen molar-refractivity contribution >= 4 is 22.9 Å². The maximum atomic E-state index is 11.3. The van der Waals surface area contributed by atoms with E-state index in [0.29, 0.717) is 6.61 Å². The SMILES string of the molecule is CCOC(=O)/C=C/c1cc(C)c2nccc(C)c2c1. The average molecular weight is 255 g/mol. The molecule has 98 valence electrons. The largest absolute Gasteiger partial charge is 0.463 e. The second-order valence-electron chi connectivity index (χ2n) is 4.45. The highest BCUT2D eigenvalue weighted by molar-refractivity contribution is 5.90. The van der Waals surface area contributed by atoms with Gasteiger partial charge in [-0.15, -0.1) is 0 Å². The molecule has 2 rings (SSSR count). The van der Waals surface area contributed by atoms with Crippen molar-refractivity contribution < 1.29 is 9.53 Å². The molecule has 3 heteroatoms. The van der Waals surface area contributed by atoms with Crippen LogP contribution in [0.3, 0.4) is 0 Å². The van der Waals surface area contributed by atoms with Crippen molar-refractivity contribution in [3.05, 3.63) is 47.2 Å². The van der Waals surface area contributed by atoms with Crippen LogP contribution in [0.1, 0.15) is 23.6 Å². The Morgan fingerprint density at radius 1 is 1.32 bits per heavy atom. The van der Waals surface area contributed by atoms with Crippen LogP contribution in [0, 0.1) is 13.8 Å². The van der Waals surface area contributed by atoms with Gasteiger partial charge in [-0.25, -0.2) is 4.79 Å². The minimum absolute atomic E-state index is 0.317. The van der Waals surface area contributed by atoms with Gasteiger partial charge in [0.2, 0.25) is 0 Å². The second kappa shape index (κ2) is 5.65. The van der Waals surface area contributed by atoms with E-state index < -0.39 is 0 Å². The van der Waals surface area contributed by atoms with Crippen LogP contribution in [0.15, 0.2) is 30.5 Å². The predicted octanol–water partition coefficient (Wildman–Crippen LogP) is 3.43. The molecular weight excluding hydrogens is 238 g/mol. The summed E-state index contributed by atoms with van der Waals surface area (Å²) in [5, 5.41) is 1.12. The molecule has 0 aliphatic carbocycles. The molecule has 2 aromatic rings. The van der Waals surface area contributed by atoms with Gasteiger partial charge in [0.1, 0.15) is 0 Å². The van der Waals surface area contributed by atoms with Gasteiger partial charge in [-0.05, 0) is 61.7 Å². The van der Waals surface area contributed by atoms with Gasteiger partial charge >= 0.3 is 5.97 Å². The van der Waals surface area contributed by atoms with Gasteiger partial charge in [-0.2, -0.15) is 0 Å². The Kier molecular flexibility index (Phi) is 3.95. The number of benzene rings is 1. The van der Waals surface area contributed by atoms with Crippen molar-refractivity contribution in [2.45, 2.75) is 20.8 Å². The van der Waals surface area contributed by atoms with Gasteiger partial charge in [-0.1, -0.05) is 0 Å². The first kappa shape index (κ1) is 13.3. The number of nitrogens with zero attached hydrogens (tertiary/aromatic N) is 1. The highest BCUT2D eigenvalue weighted by Gasteiger charge is 2.03. The molecule has 3 nitrogen and oxygen atoms in total. The van der Waals surface area contributed by atoms with Gasteiger partial charge in [-0.3, -0.25) is 4.98 Å². The molecule has 0 amide bonds. The lowest BCUT2D eigenvalue weighted by molar-refractivity contribution is -0.137. The number of aromatic nitrogens is 1. The Morgan fingerprint density at radius 2 is 2.11 bits per heavy atom. The lowest BCUT2D eigenvalue weighted by Crippen LogP contribution is -1.98. The first-order valence-corrected chi connectivity index (χ1v) is 6.32. The number of hydrogen-bond donors (Lipinski definition) is 0. The zero-order valence-corrected chi connectivity index (χ0v) is 11.4. The molecule has 0 aliphatic rings. The first-order chi connectivity index (χ1) is 9.11. The zero-order chi connectivity index (χ0) is 13.8. The standard InChI is InChI=1S/C16H17NO2/c1-4-19-15(18)6-5-13-9-12(3)16-14(10-13)11(2)7-8-17-16/h5-10H,4H2,1-3H3/b6-5+. The Bertz CT molecular complexity index is 644. The third-order valence-electron chi connectivity index (χ3n) is 2.97. The third-order valence-corrected chi connectivity index (χ3v) is 2.97. The minimum Gasteiger partial charge on any atom is -0.463 e. The smallest absolute Gasteiger partial charge is 0.330 e. The topological polar surface area (TPSA) is 39.2 Å². The molecular formula is C16H17NO2. The molecule has 19 heavy (non-hydrogen) atoms. The van der Waals surface area contributed by atoms with Crippen molar-refractivity contribution in [1.82, 2.24) is 4.98 Å². The summed E-state index contributed by atoms with van der Waals surface area (Å²) < 4.78 is 4.87. The molecule has 1 aromatic heterocycles. The molecule has 0 spiro atoms. The molecule has 0 saturated carbocycles. The number of carbonyl (C=O) groups is 1. The van der Waals surface area contributed by atoms with Crippen LogP contribution in [0.4, 0.5) is 0 Å². The number of rotatable bonds is 3. The second-order valence-corrected chi connectivity index (χ2v) is 4.45. The lowest BCUT2D eigenvalue weighted by atomic mass is 10.0. The van der Waals surface area contributed by atoms with E-state index in [1.54, 1.807) is 13.0 Å². The van der Waals surface area contributed by atoms with Crippen LogP contribution in [0.25, 0.3) is 17.0 Å². The van der Waals surface area contributed by atoms with E-state index in [-0.39, 0.29) is 5.97 Å². The monoisotopic (exact) mass is 255 g/mol. The molecule has 0 fully saturated rings. The summed E-state index contributed by atoms with van der Waals surface area (Å²) in [7, 11) is 0. The number of aryl methyl sites for hydroxylation is 2. The van der Waals surface area contributed by atoms with E-state index in [1.165, 1.54) is 11.6 Å². The van der Waals surface area contributed by atoms with Crippen LogP contribution in [-0.2, 0) is 9.53 Å². The van der Waals surface area contributed by atoms with Crippen LogP contribution >= 0.6 is 0 Å². The van der Waals surface area contributed by atoms with Gasteiger partial charge < -0.3 is 4.74 Å². The van der Waals surface area contributed by atoms with Crippen LogP contribution in [0.2, 0.25) is 0 Å². The quantitative estimate of drug-likeness (QED) is 0.623. The van der Waals surface area contributed by atoms with E-state index >= 15 is 0 Å². The van der Waals surface area contributed by atoms with Gasteiger partial charge in [0.05, 0.1) is 12.1 Å². The Balaban J connectivity index is 2.40. The molecule has 0 radical (unpaired) electrons. The number of ether oxygens (including phenoxy) is 1. The molecule has 0 saturated heterocycles. The fourth-order valence-corrected chi connectivity index (χ4v) is 2.04. The fourth-order valence-electron chi connectivity index (χ4n) is 2.04. The molecule has 0 aliphatic heterocycles. The van der Waals surface area contributed by atoms with Gasteiger partial charge in [0.15, 0.2) is 0 Å². The summed E-state index contributed by atoms with van der Waals surface area (Å²) in [5.74, 6) is -0.317. The van der Waals surface area contributed by atoms with Crippen molar-refractivity contribution in [2.75, 3.05) is 6.61 Å². The summed E-state index contributed by atoms with van der Waals surface area (Å²) in [6.45, 7) is 6.27. The number of fused-ring (bicyclic) bond motifs is 1. The maximum Gasteiger partial charge on any atom is 0.330 e. The van der Waals surface area contributed by atoms with Gasteiger partial charge in [0, 0.05) is 17.7 Å². The van der Waals surface area contributed by atoms with E-state index in [2.05, 4.69) is 11.9 Å². The van der Waals surface area contributed by atoms with Crippen molar-refractivity contribution in [1.29, 1.82) is 0 Å². The van der Waals surface area contributed by atoms with E-state index in [0.717, 1.165) is 22.0 Å². The van der Waals surface area contributed by atoms with Gasteiger partial charge in [0.25, 0.3) is 0 Å². The third kappa shape index (κ3) is 2.99. The normalized spacial score (nSPS) is 11.1. The Labute approximate surface area is 112 Å². The van der Waals surface area contributed by atoms with E-state index in [4.69, 9.17) is 4.74 Å². The highest BCUT2D eigenvalue weighted by atomic mass is 16.5. The Morgan fingerprint density at radius 3 is 2.84 bits per heavy atom. The molecule has 0 atom stereocenters. The van der Waals surface area contributed by atoms with Crippen LogP contribution < -0.4 is 0 Å². The molecule has 1 heterocycles. The Hall–Kier alpha value is -2.16. The first-order valence-electron chi connectivity index (χ1n) is 6.32. The lowest BCUT2D eigenvalue weighted by Gasteiger charge is -2.06. The zero-order valence-electron chi connectivity index (χ0n) is 11.4. The summed E-state index contributed by atoms with van der Waals surface area (Å²) in [6, 6.07) is 6.05. The number of hydrogen-bond acceptors (Lipinski definition) is 3. The summed E-state index contributed by atoms with van der Waals surface area (Å²) in [4.78, 5) is 15.7. The summed E-state index contributed by atoms with van der Waals surface area (Å²) in [6.07, 6.45) is 5.05. The highest BCUT2D eigenvalue weighted by Crippen LogP contribution is 2.22. The minimum atomic E-state index is -0.317. The van der Waals surface area contributed by atoms with Crippen molar-refractivity contribution in [3.63, 3.8) is 0 Å². The number of carbonyl (C=O) groups excluding carboxylic acids is 1. The van der Waals surface area contributed by atoms with E-state index in [1.807, 2.05) is 31.3 Å². The van der Waals surface area contributed by atoms with E-state index in [9.17, 15) is 4.79 Å². The summed E-state index contributed by atoms with van der Waals surface area (Å²) >= 11 is 0. The molecule has 0 unspecified atom stereocenters. The average Bonchev–Trinajstić information content (AvgIpc) is 2.38. The summed E-state index contributed by atoms with van der Waals surface area (Å²) in [5.41, 5.74) is 4.27. The number of esters is 1. The van der Waals surface area contributed by atoms with Crippen molar-refractivity contribution in [2.24, 2.45) is 0 Å². The molecule has 0 N–H and O–H groups in total. The fraction of sp³-hybridized carbons (Fsp3) is 0.250.